The van der Waals surface area contributed by atoms with E-state index in [0.29, 0.717) is 12.1 Å². The van der Waals surface area contributed by atoms with E-state index in [0.717, 1.165) is 13.4 Å². The summed E-state index contributed by atoms with van der Waals surface area (Å²) in [5.41, 5.74) is 0.650. The van der Waals surface area contributed by atoms with Crippen molar-refractivity contribution in [3.05, 3.63) is 25.6 Å². The number of anilines is 1. The molecule has 0 aromatic heterocycles. The number of rotatable bonds is 5. The lowest BCUT2D eigenvalue weighted by Crippen LogP contribution is -2.21. The first kappa shape index (κ1) is 17.4. The first-order chi connectivity index (χ1) is 8.81. The van der Waals surface area contributed by atoms with Gasteiger partial charge in [0.05, 0.1) is 5.69 Å². The highest BCUT2D eigenvalue weighted by Gasteiger charge is 2.16. The maximum absolute atomic E-state index is 12.0. The minimum absolute atomic E-state index is 0.169. The van der Waals surface area contributed by atoms with Crippen LogP contribution in [0.15, 0.2) is 25.6 Å². The van der Waals surface area contributed by atoms with Gasteiger partial charge in [-0.15, -0.1) is 0 Å². The summed E-state index contributed by atoms with van der Waals surface area (Å²) in [6.45, 7) is 1.74. The number of nitrogens with one attached hydrogen (secondary N) is 1. The van der Waals surface area contributed by atoms with Gasteiger partial charge in [-0.05, 0) is 50.4 Å². The second-order valence-corrected chi connectivity index (χ2v) is 7.98. The third-order valence-electron chi connectivity index (χ3n) is 2.49. The molecule has 0 bridgehead atoms. The molecule has 0 spiro atoms. The number of amides is 1. The largest absolute Gasteiger partial charge is 0.346 e. The molecule has 19 heavy (non-hydrogen) atoms. The van der Waals surface area contributed by atoms with Gasteiger partial charge in [-0.2, -0.15) is 0 Å². The molecular formula is C11H13Br3NO3P. The second kappa shape index (κ2) is 7.93. The average Bonchev–Trinajstić information content (AvgIpc) is 2.30. The monoisotopic (exact) mass is 475 g/mol. The molecule has 1 aromatic rings. The summed E-state index contributed by atoms with van der Waals surface area (Å²) in [6, 6.07) is 3.66. The summed E-state index contributed by atoms with van der Waals surface area (Å²) in [5.74, 6) is -0.490. The van der Waals surface area contributed by atoms with Gasteiger partial charge in [0.2, 0.25) is 5.91 Å². The van der Waals surface area contributed by atoms with Crippen LogP contribution in [-0.4, -0.2) is 17.0 Å². The Balaban J connectivity index is 2.74. The summed E-state index contributed by atoms with van der Waals surface area (Å²) in [5, 5.41) is 2.80. The summed E-state index contributed by atoms with van der Waals surface area (Å²) < 4.78 is 13.1. The molecule has 1 aromatic carbocycles. The van der Waals surface area contributed by atoms with Crippen LogP contribution in [0, 0.1) is 5.92 Å². The van der Waals surface area contributed by atoms with Crippen LogP contribution in [0.2, 0.25) is 0 Å². The Morgan fingerprint density at radius 2 is 1.89 bits per heavy atom. The third kappa shape index (κ3) is 5.68. The van der Waals surface area contributed by atoms with Crippen LogP contribution in [0.3, 0.4) is 0 Å². The Labute approximate surface area is 137 Å². The van der Waals surface area contributed by atoms with Crippen molar-refractivity contribution in [3.8, 4) is 0 Å². The van der Waals surface area contributed by atoms with Gasteiger partial charge in [0.25, 0.3) is 0 Å². The Morgan fingerprint density at radius 3 is 2.37 bits per heavy atom. The second-order valence-electron chi connectivity index (χ2n) is 4.07. The molecule has 1 amide bonds. The SMILES string of the molecule is CC(CC[PH](=O)O)C(=O)Nc1c(Br)cc(Br)cc1Br. The minimum Gasteiger partial charge on any atom is -0.346 e. The van der Waals surface area contributed by atoms with Crippen LogP contribution in [0.25, 0.3) is 0 Å². The van der Waals surface area contributed by atoms with Gasteiger partial charge in [0, 0.05) is 25.5 Å². The summed E-state index contributed by atoms with van der Waals surface area (Å²) >= 11 is 10.1. The standard InChI is InChI=1S/C11H13Br3NO3P/c1-6(2-3-19(17)18)11(16)15-10-8(13)4-7(12)5-9(10)14/h4-6,19H,2-3H2,1H3,(H,15,16)(H,17,18). The Kier molecular flexibility index (Phi) is 7.25. The van der Waals surface area contributed by atoms with Crippen LogP contribution in [0.4, 0.5) is 5.69 Å². The normalized spacial score (nSPS) is 13.9. The lowest BCUT2D eigenvalue weighted by Gasteiger charge is -2.14. The van der Waals surface area contributed by atoms with Gasteiger partial charge in [0.1, 0.15) is 0 Å². The zero-order valence-electron chi connectivity index (χ0n) is 10.0. The maximum Gasteiger partial charge on any atom is 0.227 e. The smallest absolute Gasteiger partial charge is 0.227 e. The number of hydrogen-bond acceptors (Lipinski definition) is 2. The van der Waals surface area contributed by atoms with E-state index in [-0.39, 0.29) is 18.0 Å². The van der Waals surface area contributed by atoms with E-state index >= 15 is 0 Å². The predicted octanol–water partition coefficient (Wildman–Crippen LogP) is 4.41. The van der Waals surface area contributed by atoms with Crippen LogP contribution in [0.5, 0.6) is 0 Å². The molecular weight excluding hydrogens is 465 g/mol. The first-order valence-electron chi connectivity index (χ1n) is 5.48. The number of benzene rings is 1. The van der Waals surface area contributed by atoms with Crippen LogP contribution in [0.1, 0.15) is 13.3 Å². The molecule has 8 heteroatoms. The maximum atomic E-state index is 12.0. The van der Waals surface area contributed by atoms with Gasteiger partial charge < -0.3 is 10.2 Å². The Hall–Kier alpha value is 0.320. The van der Waals surface area contributed by atoms with Crippen molar-refractivity contribution in [2.24, 2.45) is 5.92 Å². The van der Waals surface area contributed by atoms with E-state index < -0.39 is 8.03 Å². The third-order valence-corrected chi connectivity index (χ3v) is 4.92. The van der Waals surface area contributed by atoms with Crippen molar-refractivity contribution >= 4 is 67.4 Å². The van der Waals surface area contributed by atoms with Gasteiger partial charge in [-0.25, -0.2) is 0 Å². The summed E-state index contributed by atoms with van der Waals surface area (Å²) in [6.07, 6.45) is 0.563. The van der Waals surface area contributed by atoms with Gasteiger partial charge in [0.15, 0.2) is 8.03 Å². The molecule has 0 aliphatic rings. The molecule has 0 saturated heterocycles. The molecule has 0 fully saturated rings. The minimum atomic E-state index is -2.51. The van der Waals surface area contributed by atoms with E-state index in [1.54, 1.807) is 6.92 Å². The fourth-order valence-electron chi connectivity index (χ4n) is 1.38. The number of carbonyl (C=O) groups excluding carboxylic acids is 1. The van der Waals surface area contributed by atoms with Crippen molar-refractivity contribution in [1.29, 1.82) is 0 Å². The molecule has 0 heterocycles. The van der Waals surface area contributed by atoms with Gasteiger partial charge in [-0.1, -0.05) is 22.9 Å². The molecule has 2 N–H and O–H groups in total. The van der Waals surface area contributed by atoms with Gasteiger partial charge in [-0.3, -0.25) is 9.36 Å². The fraction of sp³-hybridized carbons (Fsp3) is 0.364. The van der Waals surface area contributed by atoms with Crippen molar-refractivity contribution in [2.75, 3.05) is 11.5 Å². The molecule has 2 atom stereocenters. The highest BCUT2D eigenvalue weighted by atomic mass is 79.9. The van der Waals surface area contributed by atoms with Crippen molar-refractivity contribution in [1.82, 2.24) is 0 Å². The molecule has 2 unspecified atom stereocenters. The molecule has 1 rings (SSSR count). The number of hydrogen-bond donors (Lipinski definition) is 2. The summed E-state index contributed by atoms with van der Waals surface area (Å²) in [4.78, 5) is 20.8. The molecule has 106 valence electrons. The lowest BCUT2D eigenvalue weighted by atomic mass is 10.1. The lowest BCUT2D eigenvalue weighted by molar-refractivity contribution is -0.119. The van der Waals surface area contributed by atoms with Crippen LogP contribution >= 0.6 is 55.8 Å². The zero-order chi connectivity index (χ0) is 14.6. The predicted molar refractivity (Wildman–Crippen MR) is 88.0 cm³/mol. The Morgan fingerprint density at radius 1 is 1.37 bits per heavy atom. The molecule has 0 aliphatic carbocycles. The van der Waals surface area contributed by atoms with E-state index in [4.69, 9.17) is 4.89 Å². The van der Waals surface area contributed by atoms with Crippen molar-refractivity contribution in [2.45, 2.75) is 13.3 Å². The highest BCUT2D eigenvalue weighted by Crippen LogP contribution is 2.34. The first-order valence-corrected chi connectivity index (χ1v) is 9.42. The molecule has 0 saturated carbocycles. The van der Waals surface area contributed by atoms with Crippen LogP contribution in [-0.2, 0) is 9.36 Å². The van der Waals surface area contributed by atoms with Crippen molar-refractivity contribution < 1.29 is 14.3 Å². The van der Waals surface area contributed by atoms with E-state index in [1.165, 1.54) is 0 Å². The number of carbonyl (C=O) groups is 1. The van der Waals surface area contributed by atoms with Gasteiger partial charge >= 0.3 is 0 Å². The van der Waals surface area contributed by atoms with E-state index in [1.807, 2.05) is 12.1 Å². The molecule has 0 radical (unpaired) electrons. The highest BCUT2D eigenvalue weighted by molar-refractivity contribution is 9.11. The molecule has 4 nitrogen and oxygen atoms in total. The fourth-order valence-corrected chi connectivity index (χ4v) is 4.52. The average molecular weight is 478 g/mol. The van der Waals surface area contributed by atoms with E-state index in [2.05, 4.69) is 53.1 Å². The topological polar surface area (TPSA) is 66.4 Å². The van der Waals surface area contributed by atoms with E-state index in [9.17, 15) is 9.36 Å². The summed E-state index contributed by atoms with van der Waals surface area (Å²) in [7, 11) is -2.51. The number of halogens is 3. The van der Waals surface area contributed by atoms with Crippen LogP contribution < -0.4 is 5.32 Å². The zero-order valence-corrected chi connectivity index (χ0v) is 15.8. The Bertz CT molecular complexity index is 487. The van der Waals surface area contributed by atoms with Crippen molar-refractivity contribution in [3.63, 3.8) is 0 Å². The molecule has 0 aliphatic heterocycles. The quantitative estimate of drug-likeness (QED) is 0.617.